The van der Waals surface area contributed by atoms with E-state index in [9.17, 15) is 24.0 Å². The van der Waals surface area contributed by atoms with Crippen molar-refractivity contribution in [1.82, 2.24) is 0 Å². The predicted molar refractivity (Wildman–Crippen MR) is 99.4 cm³/mol. The highest BCUT2D eigenvalue weighted by atomic mass is 16.4. The van der Waals surface area contributed by atoms with E-state index in [1.807, 2.05) is 0 Å². The normalized spacial score (nSPS) is 9.82. The predicted octanol–water partition coefficient (Wildman–Crippen LogP) is -8.23. The highest BCUT2D eigenvalue weighted by Crippen LogP contribution is 2.15. The second-order valence-corrected chi connectivity index (χ2v) is 4.56. The fourth-order valence-corrected chi connectivity index (χ4v) is 0.984. The van der Waals surface area contributed by atoms with Gasteiger partial charge in [-0.25, -0.2) is 14.4 Å². The molecule has 0 radical (unpaired) electrons. The van der Waals surface area contributed by atoms with Gasteiger partial charge >= 0.3 is 29.8 Å². The Kier molecular flexibility index (Phi) is 45.8. The van der Waals surface area contributed by atoms with Gasteiger partial charge in [0.2, 0.25) is 0 Å². The van der Waals surface area contributed by atoms with Gasteiger partial charge in [-0.3, -0.25) is 14.4 Å². The van der Waals surface area contributed by atoms with Crippen molar-refractivity contribution in [1.29, 1.82) is 0 Å². The number of aliphatic hydroxyl groups excluding tert-OH is 2. The standard InChI is InChI=1S/C6H8O7.C4H6O6.C2H4O2.6H2O/c7-3(8)1-6(13,5(11)12)2-4(9)10;5-1(3(7)8)2(6)4(9)10;1-2(3)4;;;;;;/h13H,1-2H2,(H,7,8)(H,9,10)(H,11,12);1-2,5-6H,(H,7,8)(H,9,10);1H3,(H,3,4);6*1H2. The summed E-state index contributed by atoms with van der Waals surface area (Å²) in [6.07, 6.45) is -6.82. The highest BCUT2D eigenvalue weighted by molar-refractivity contribution is 5.88. The van der Waals surface area contributed by atoms with Crippen LogP contribution in [-0.2, 0) is 28.8 Å². The average Bonchev–Trinajstić information content (AvgIpc) is 2.43. The van der Waals surface area contributed by atoms with Gasteiger partial charge in [-0.15, -0.1) is 0 Å². The maximum Gasteiger partial charge on any atom is 0.336 e. The van der Waals surface area contributed by atoms with Gasteiger partial charge < -0.3 is 78.8 Å². The molecule has 2 unspecified atom stereocenters. The van der Waals surface area contributed by atoms with Gasteiger partial charge in [0.25, 0.3) is 5.97 Å². The van der Waals surface area contributed by atoms with E-state index >= 15 is 0 Å². The largest absolute Gasteiger partial charge is 0.481 e. The van der Waals surface area contributed by atoms with Gasteiger partial charge in [-0.1, -0.05) is 0 Å². The monoisotopic (exact) mass is 510 g/mol. The zero-order valence-corrected chi connectivity index (χ0v) is 16.5. The van der Waals surface area contributed by atoms with Crippen molar-refractivity contribution < 1.29 is 108 Å². The van der Waals surface area contributed by atoms with Crippen LogP contribution in [0.3, 0.4) is 0 Å². The van der Waals surface area contributed by atoms with Crippen LogP contribution in [0.5, 0.6) is 0 Å². The Labute approximate surface area is 182 Å². The van der Waals surface area contributed by atoms with Crippen molar-refractivity contribution in [3.63, 3.8) is 0 Å². The summed E-state index contributed by atoms with van der Waals surface area (Å²) in [5.41, 5.74) is -2.74. The van der Waals surface area contributed by atoms with E-state index in [0.717, 1.165) is 6.92 Å². The fourth-order valence-electron chi connectivity index (χ4n) is 0.984. The molecule has 0 saturated carbocycles. The van der Waals surface area contributed by atoms with E-state index in [1.165, 1.54) is 0 Å². The molecule has 0 aliphatic carbocycles. The molecule has 0 saturated heterocycles. The summed E-state index contributed by atoms with van der Waals surface area (Å²) in [6.45, 7) is 1.08. The number of carbonyl (C=O) groups is 6. The Balaban J connectivity index is -0.0000000375. The van der Waals surface area contributed by atoms with Crippen LogP contribution in [0.15, 0.2) is 0 Å². The lowest BCUT2D eigenvalue weighted by atomic mass is 9.96. The molecular formula is C12H30O21. The molecule has 0 aliphatic heterocycles. The van der Waals surface area contributed by atoms with Gasteiger partial charge in [-0.05, 0) is 0 Å². The summed E-state index contributed by atoms with van der Waals surface area (Å²) in [7, 11) is 0. The van der Waals surface area contributed by atoms with Crippen LogP contribution >= 0.6 is 0 Å². The molecule has 204 valence electrons. The number of carboxylic acids is 6. The molecule has 21 nitrogen and oxygen atoms in total. The minimum atomic E-state index is -2.74. The maximum atomic E-state index is 10.3. The van der Waals surface area contributed by atoms with E-state index in [2.05, 4.69) is 0 Å². The number of aliphatic hydroxyl groups is 3. The molecule has 0 spiro atoms. The Morgan fingerprint density at radius 3 is 0.879 bits per heavy atom. The molecule has 33 heavy (non-hydrogen) atoms. The number of rotatable bonds is 8. The summed E-state index contributed by atoms with van der Waals surface area (Å²) >= 11 is 0. The van der Waals surface area contributed by atoms with Gasteiger partial charge in [0.05, 0.1) is 12.8 Å². The Bertz CT molecular complexity index is 532. The zero-order valence-electron chi connectivity index (χ0n) is 16.5. The van der Waals surface area contributed by atoms with Crippen molar-refractivity contribution in [2.45, 2.75) is 37.6 Å². The smallest absolute Gasteiger partial charge is 0.336 e. The molecule has 2 atom stereocenters. The number of carboxylic acid groups (broad SMARTS) is 6. The summed E-state index contributed by atoms with van der Waals surface area (Å²) < 4.78 is 0. The third-order valence-electron chi connectivity index (χ3n) is 2.09. The second-order valence-electron chi connectivity index (χ2n) is 4.56. The first kappa shape index (κ1) is 57.0. The molecule has 0 aromatic carbocycles. The summed E-state index contributed by atoms with van der Waals surface area (Å²) in [4.78, 5) is 59.0. The molecule has 0 heterocycles. The molecule has 21 N–H and O–H groups in total. The Morgan fingerprint density at radius 1 is 0.606 bits per heavy atom. The van der Waals surface area contributed by atoms with Crippen LogP contribution in [-0.4, -0.2) is 132 Å². The van der Waals surface area contributed by atoms with Crippen LogP contribution < -0.4 is 0 Å². The number of hydrogen-bond donors (Lipinski definition) is 9. The first-order chi connectivity index (χ1) is 12.0. The minimum Gasteiger partial charge on any atom is -0.481 e. The highest BCUT2D eigenvalue weighted by Gasteiger charge is 2.40. The van der Waals surface area contributed by atoms with Crippen molar-refractivity contribution in [3.05, 3.63) is 0 Å². The van der Waals surface area contributed by atoms with Crippen LogP contribution in [0.25, 0.3) is 0 Å². The van der Waals surface area contributed by atoms with Crippen LogP contribution in [0.4, 0.5) is 0 Å². The van der Waals surface area contributed by atoms with Crippen molar-refractivity contribution in [2.75, 3.05) is 0 Å². The van der Waals surface area contributed by atoms with E-state index in [1.54, 1.807) is 0 Å². The quantitative estimate of drug-likeness (QED) is 0.146. The van der Waals surface area contributed by atoms with Gasteiger partial charge in [0.15, 0.2) is 17.8 Å². The maximum absolute atomic E-state index is 10.3. The van der Waals surface area contributed by atoms with Crippen LogP contribution in [0.2, 0.25) is 0 Å². The van der Waals surface area contributed by atoms with Crippen molar-refractivity contribution >= 4 is 35.8 Å². The number of hydrogen-bond acceptors (Lipinski definition) is 9. The average molecular weight is 510 g/mol. The molecule has 0 aromatic rings. The summed E-state index contributed by atoms with van der Waals surface area (Å²) in [5, 5.41) is 73.8. The van der Waals surface area contributed by atoms with Gasteiger partial charge in [0.1, 0.15) is 0 Å². The SMILES string of the molecule is CC(=O)O.O.O.O.O.O.O.O=C(O)C(O)C(O)C(=O)O.O=C(O)CC(O)(CC(=O)O)C(=O)O. The van der Waals surface area contributed by atoms with Gasteiger partial charge in [0, 0.05) is 6.92 Å². The van der Waals surface area contributed by atoms with Crippen LogP contribution in [0, 0.1) is 0 Å². The molecule has 0 fully saturated rings. The van der Waals surface area contributed by atoms with E-state index in [0.29, 0.717) is 0 Å². The first-order valence-corrected chi connectivity index (χ1v) is 6.38. The fraction of sp³-hybridized carbons (Fsp3) is 0.500. The second kappa shape index (κ2) is 26.5. The Hall–Kier alpha value is -3.54. The first-order valence-electron chi connectivity index (χ1n) is 6.38. The summed E-state index contributed by atoms with van der Waals surface area (Å²) in [6, 6.07) is 0. The third kappa shape index (κ3) is 33.3. The molecule has 0 rings (SSSR count). The van der Waals surface area contributed by atoms with Crippen molar-refractivity contribution in [2.24, 2.45) is 0 Å². The Morgan fingerprint density at radius 2 is 0.788 bits per heavy atom. The lowest BCUT2D eigenvalue weighted by molar-refractivity contribution is -0.170. The minimum absolute atomic E-state index is 0. The molecule has 0 aliphatic rings. The lowest BCUT2D eigenvalue weighted by Gasteiger charge is -2.18. The summed E-state index contributed by atoms with van der Waals surface area (Å²) in [5.74, 6) is -9.39. The molecule has 0 amide bonds. The molecule has 21 heteroatoms. The van der Waals surface area contributed by atoms with E-state index in [-0.39, 0.29) is 32.9 Å². The molecule has 0 aromatic heterocycles. The van der Waals surface area contributed by atoms with E-state index < -0.39 is 66.5 Å². The van der Waals surface area contributed by atoms with E-state index in [4.69, 9.17) is 50.8 Å². The van der Waals surface area contributed by atoms with Crippen LogP contribution in [0.1, 0.15) is 19.8 Å². The zero-order chi connectivity index (χ0) is 22.5. The van der Waals surface area contributed by atoms with Gasteiger partial charge in [-0.2, -0.15) is 0 Å². The molecule has 0 bridgehead atoms. The molecular weight excluding hydrogens is 480 g/mol. The topological polar surface area (TPSA) is 473 Å². The lowest BCUT2D eigenvalue weighted by Crippen LogP contribution is -2.42. The number of aliphatic carboxylic acids is 6. The van der Waals surface area contributed by atoms with Crippen molar-refractivity contribution in [3.8, 4) is 0 Å². The third-order valence-corrected chi connectivity index (χ3v) is 2.09.